The van der Waals surface area contributed by atoms with Gasteiger partial charge in [-0.05, 0) is 19.1 Å². The Morgan fingerprint density at radius 2 is 2.36 bits per heavy atom. The van der Waals surface area contributed by atoms with E-state index in [0.717, 1.165) is 23.6 Å². The summed E-state index contributed by atoms with van der Waals surface area (Å²) in [6.45, 7) is 3.62. The van der Waals surface area contributed by atoms with Crippen molar-refractivity contribution >= 4 is 12.2 Å². The van der Waals surface area contributed by atoms with E-state index in [1.807, 2.05) is 17.7 Å². The van der Waals surface area contributed by atoms with E-state index in [1.165, 1.54) is 6.33 Å². The molecule has 0 aromatic carbocycles. The van der Waals surface area contributed by atoms with Crippen LogP contribution in [0.2, 0.25) is 0 Å². The predicted molar refractivity (Wildman–Crippen MR) is 54.4 cm³/mol. The second-order valence-corrected chi connectivity index (χ2v) is 3.43. The molecular weight excluding hydrogens is 198 g/mol. The average molecular weight is 209 g/mol. The number of nitrogens with zero attached hydrogens (tertiary/aromatic N) is 4. The normalized spacial score (nSPS) is 10.6. The zero-order chi connectivity index (χ0) is 9.97. The summed E-state index contributed by atoms with van der Waals surface area (Å²) in [7, 11) is 0. The first-order valence-electron chi connectivity index (χ1n) is 4.34. The van der Waals surface area contributed by atoms with E-state index in [-0.39, 0.29) is 0 Å². The van der Waals surface area contributed by atoms with Crippen molar-refractivity contribution in [1.82, 2.24) is 24.3 Å². The first-order valence-corrected chi connectivity index (χ1v) is 4.75. The van der Waals surface area contributed by atoms with Crippen LogP contribution in [0.25, 0.3) is 0 Å². The molecule has 2 rings (SSSR count). The summed E-state index contributed by atoms with van der Waals surface area (Å²) in [5.41, 5.74) is 1.13. The summed E-state index contributed by atoms with van der Waals surface area (Å²) < 4.78 is 4.58. The molecule has 0 fully saturated rings. The molecule has 0 radical (unpaired) electrons. The van der Waals surface area contributed by atoms with Crippen LogP contribution in [-0.4, -0.2) is 24.3 Å². The largest absolute Gasteiger partial charge is 0.337 e. The minimum absolute atomic E-state index is 0.752. The summed E-state index contributed by atoms with van der Waals surface area (Å²) in [4.78, 5) is 6.88. The number of hydrogen-bond donors (Lipinski definition) is 1. The Morgan fingerprint density at radius 1 is 1.50 bits per heavy atom. The summed E-state index contributed by atoms with van der Waals surface area (Å²) in [5.74, 6) is 0. The standard InChI is InChI=1S/C8H11N5S/c1-7-4-10-8(14)13(7)3-2-12-6-9-5-11-12/h4-6H,2-3H2,1H3,(H,10,14). The number of aromatic nitrogens is 5. The summed E-state index contributed by atoms with van der Waals surface area (Å²) in [6.07, 6.45) is 5.14. The number of H-pyrrole nitrogens is 1. The number of imidazole rings is 1. The molecule has 0 saturated carbocycles. The fourth-order valence-electron chi connectivity index (χ4n) is 1.31. The summed E-state index contributed by atoms with van der Waals surface area (Å²) >= 11 is 5.13. The third-order valence-electron chi connectivity index (χ3n) is 2.09. The van der Waals surface area contributed by atoms with Gasteiger partial charge in [-0.3, -0.25) is 4.68 Å². The van der Waals surface area contributed by atoms with Gasteiger partial charge in [-0.15, -0.1) is 0 Å². The second-order valence-electron chi connectivity index (χ2n) is 3.05. The first-order chi connectivity index (χ1) is 6.77. The Morgan fingerprint density at radius 3 is 2.93 bits per heavy atom. The Kier molecular flexibility index (Phi) is 2.45. The van der Waals surface area contributed by atoms with Crippen LogP contribution in [-0.2, 0) is 13.1 Å². The van der Waals surface area contributed by atoms with Crippen LogP contribution in [0.3, 0.4) is 0 Å². The van der Waals surface area contributed by atoms with E-state index in [4.69, 9.17) is 12.2 Å². The van der Waals surface area contributed by atoms with E-state index >= 15 is 0 Å². The lowest BCUT2D eigenvalue weighted by molar-refractivity contribution is 0.523. The Labute approximate surface area is 86.4 Å². The molecule has 0 bridgehead atoms. The molecule has 2 heterocycles. The molecular formula is C8H11N5S. The molecule has 0 atom stereocenters. The zero-order valence-corrected chi connectivity index (χ0v) is 8.66. The van der Waals surface area contributed by atoms with Crippen LogP contribution in [0.1, 0.15) is 5.69 Å². The molecule has 0 aliphatic rings. The van der Waals surface area contributed by atoms with Crippen LogP contribution in [0.15, 0.2) is 18.9 Å². The zero-order valence-electron chi connectivity index (χ0n) is 7.84. The SMILES string of the molecule is Cc1c[nH]c(=S)n1CCn1cncn1. The number of aromatic amines is 1. The number of rotatable bonds is 3. The molecule has 2 aromatic heterocycles. The van der Waals surface area contributed by atoms with Gasteiger partial charge >= 0.3 is 0 Å². The van der Waals surface area contributed by atoms with E-state index < -0.39 is 0 Å². The van der Waals surface area contributed by atoms with Crippen molar-refractivity contribution in [2.75, 3.05) is 0 Å². The fraction of sp³-hybridized carbons (Fsp3) is 0.375. The fourth-order valence-corrected chi connectivity index (χ4v) is 1.60. The van der Waals surface area contributed by atoms with Crippen molar-refractivity contribution in [3.8, 4) is 0 Å². The lowest BCUT2D eigenvalue weighted by Gasteiger charge is -2.04. The van der Waals surface area contributed by atoms with E-state index in [2.05, 4.69) is 15.1 Å². The van der Waals surface area contributed by atoms with Crippen LogP contribution >= 0.6 is 12.2 Å². The summed E-state index contributed by atoms with van der Waals surface area (Å²) in [6, 6.07) is 0. The highest BCUT2D eigenvalue weighted by atomic mass is 32.1. The van der Waals surface area contributed by atoms with Gasteiger partial charge in [0.05, 0.1) is 6.54 Å². The van der Waals surface area contributed by atoms with Crippen molar-refractivity contribution in [2.24, 2.45) is 0 Å². The Balaban J connectivity index is 2.09. The minimum Gasteiger partial charge on any atom is -0.337 e. The number of aryl methyl sites for hydroxylation is 2. The average Bonchev–Trinajstić information content (AvgIpc) is 2.76. The van der Waals surface area contributed by atoms with Crippen LogP contribution < -0.4 is 0 Å². The van der Waals surface area contributed by atoms with Gasteiger partial charge in [-0.25, -0.2) is 4.98 Å². The van der Waals surface area contributed by atoms with Crippen molar-refractivity contribution in [2.45, 2.75) is 20.0 Å². The maximum atomic E-state index is 5.13. The van der Waals surface area contributed by atoms with Crippen molar-refractivity contribution in [1.29, 1.82) is 0 Å². The third-order valence-corrected chi connectivity index (χ3v) is 2.43. The second kappa shape index (κ2) is 3.75. The quantitative estimate of drug-likeness (QED) is 0.771. The molecule has 0 saturated heterocycles. The molecule has 14 heavy (non-hydrogen) atoms. The van der Waals surface area contributed by atoms with Crippen LogP contribution in [0.5, 0.6) is 0 Å². The molecule has 6 heteroatoms. The van der Waals surface area contributed by atoms with Gasteiger partial charge in [0.15, 0.2) is 4.77 Å². The lowest BCUT2D eigenvalue weighted by atomic mass is 10.5. The molecule has 0 spiro atoms. The van der Waals surface area contributed by atoms with Gasteiger partial charge in [-0.2, -0.15) is 5.10 Å². The Bertz CT molecular complexity index is 452. The van der Waals surface area contributed by atoms with E-state index in [1.54, 1.807) is 11.0 Å². The number of hydrogen-bond acceptors (Lipinski definition) is 3. The molecule has 0 aliphatic heterocycles. The van der Waals surface area contributed by atoms with Crippen molar-refractivity contribution in [3.63, 3.8) is 0 Å². The molecule has 0 unspecified atom stereocenters. The van der Waals surface area contributed by atoms with Gasteiger partial charge in [-0.1, -0.05) is 0 Å². The van der Waals surface area contributed by atoms with Gasteiger partial charge in [0.2, 0.25) is 0 Å². The summed E-state index contributed by atoms with van der Waals surface area (Å²) in [5, 5.41) is 4.02. The highest BCUT2D eigenvalue weighted by molar-refractivity contribution is 7.71. The smallest absolute Gasteiger partial charge is 0.177 e. The van der Waals surface area contributed by atoms with Gasteiger partial charge in [0.25, 0.3) is 0 Å². The topological polar surface area (TPSA) is 51.4 Å². The van der Waals surface area contributed by atoms with Gasteiger partial charge in [0.1, 0.15) is 12.7 Å². The maximum absolute atomic E-state index is 5.13. The lowest BCUT2D eigenvalue weighted by Crippen LogP contribution is -2.08. The Hall–Kier alpha value is -1.43. The van der Waals surface area contributed by atoms with Crippen molar-refractivity contribution in [3.05, 3.63) is 29.3 Å². The molecule has 5 nitrogen and oxygen atoms in total. The molecule has 0 amide bonds. The van der Waals surface area contributed by atoms with Crippen LogP contribution in [0, 0.1) is 11.7 Å². The predicted octanol–water partition coefficient (Wildman–Crippen LogP) is 1.15. The molecule has 1 N–H and O–H groups in total. The number of nitrogens with one attached hydrogen (secondary N) is 1. The van der Waals surface area contributed by atoms with Gasteiger partial charge in [0, 0.05) is 18.4 Å². The molecule has 0 aliphatic carbocycles. The highest BCUT2D eigenvalue weighted by Gasteiger charge is 1.99. The monoisotopic (exact) mass is 209 g/mol. The molecule has 2 aromatic rings. The van der Waals surface area contributed by atoms with Crippen molar-refractivity contribution < 1.29 is 0 Å². The highest BCUT2D eigenvalue weighted by Crippen LogP contribution is 1.99. The third kappa shape index (κ3) is 1.74. The maximum Gasteiger partial charge on any atom is 0.177 e. The first kappa shape index (κ1) is 9.14. The minimum atomic E-state index is 0.752. The van der Waals surface area contributed by atoms with Gasteiger partial charge < -0.3 is 9.55 Å². The van der Waals surface area contributed by atoms with E-state index in [0.29, 0.717) is 0 Å². The molecule has 74 valence electrons. The van der Waals surface area contributed by atoms with E-state index in [9.17, 15) is 0 Å². The van der Waals surface area contributed by atoms with Crippen LogP contribution in [0.4, 0.5) is 0 Å².